The third kappa shape index (κ3) is 2.69. The fourth-order valence-electron chi connectivity index (χ4n) is 3.25. The van der Waals surface area contributed by atoms with Gasteiger partial charge in [-0.15, -0.1) is 0 Å². The van der Waals surface area contributed by atoms with E-state index in [-0.39, 0.29) is 0 Å². The summed E-state index contributed by atoms with van der Waals surface area (Å²) in [6.45, 7) is 0. The Morgan fingerprint density at radius 3 is 2.83 bits per heavy atom. The lowest BCUT2D eigenvalue weighted by molar-refractivity contribution is 0.775. The van der Waals surface area contributed by atoms with E-state index in [9.17, 15) is 0 Å². The zero-order chi connectivity index (χ0) is 15.8. The van der Waals surface area contributed by atoms with E-state index in [4.69, 9.17) is 5.26 Å². The average Bonchev–Trinajstić information content (AvgIpc) is 2.96. The molecule has 0 saturated heterocycles. The fourth-order valence-corrected chi connectivity index (χ4v) is 3.62. The Morgan fingerprint density at radius 2 is 1.96 bits per heavy atom. The number of halogens is 1. The van der Waals surface area contributed by atoms with E-state index in [0.29, 0.717) is 6.04 Å². The maximum atomic E-state index is 9.04. The van der Waals surface area contributed by atoms with Crippen LogP contribution in [-0.2, 0) is 12.8 Å². The minimum Gasteiger partial charge on any atom is -0.381 e. The molecule has 1 atom stereocenters. The monoisotopic (exact) mass is 363 g/mol. The molecule has 23 heavy (non-hydrogen) atoms. The molecule has 0 bridgehead atoms. The lowest BCUT2D eigenvalue weighted by atomic mass is 10.1. The van der Waals surface area contributed by atoms with Crippen molar-refractivity contribution in [3.63, 3.8) is 0 Å². The van der Waals surface area contributed by atoms with Gasteiger partial charge in [-0.2, -0.15) is 5.26 Å². The van der Waals surface area contributed by atoms with Crippen molar-refractivity contribution in [3.05, 3.63) is 69.8 Å². The van der Waals surface area contributed by atoms with E-state index >= 15 is 0 Å². The van der Waals surface area contributed by atoms with Crippen molar-refractivity contribution < 1.29 is 0 Å². The van der Waals surface area contributed by atoms with Gasteiger partial charge in [0.2, 0.25) is 0 Å². The van der Waals surface area contributed by atoms with E-state index in [2.05, 4.69) is 44.4 Å². The molecule has 4 rings (SSSR count). The minimum atomic E-state index is 0.350. The van der Waals surface area contributed by atoms with Gasteiger partial charge in [0.15, 0.2) is 0 Å². The fraction of sp³-hybridized carbons (Fsp3) is 0.158. The Balaban J connectivity index is 1.63. The summed E-state index contributed by atoms with van der Waals surface area (Å²) in [6.07, 6.45) is 3.77. The van der Waals surface area contributed by atoms with Crippen molar-refractivity contribution >= 4 is 32.5 Å². The standard InChI is InChI=1S/C19H14BrN3/c20-15-3-4-18-17(10-15)19(5-6-22-18)23-16-8-13-2-1-12(11-21)7-14(13)9-16/h1-7,10,16H,8-9H2,(H,22,23). The topological polar surface area (TPSA) is 48.7 Å². The number of nitrogens with zero attached hydrogens (tertiary/aromatic N) is 2. The number of nitriles is 1. The summed E-state index contributed by atoms with van der Waals surface area (Å²) in [5, 5.41) is 13.8. The molecule has 0 amide bonds. The van der Waals surface area contributed by atoms with Gasteiger partial charge < -0.3 is 5.32 Å². The Labute approximate surface area is 143 Å². The number of hydrogen-bond acceptors (Lipinski definition) is 3. The Kier molecular flexibility index (Phi) is 3.51. The van der Waals surface area contributed by atoms with Crippen LogP contribution in [0, 0.1) is 11.3 Å². The van der Waals surface area contributed by atoms with Gasteiger partial charge in [0, 0.05) is 27.8 Å². The molecule has 1 unspecified atom stereocenters. The number of anilines is 1. The highest BCUT2D eigenvalue weighted by Crippen LogP contribution is 2.29. The SMILES string of the molecule is N#Cc1ccc2c(c1)CC(Nc1ccnc3ccc(Br)cc13)C2. The molecular weight excluding hydrogens is 350 g/mol. The number of hydrogen-bond donors (Lipinski definition) is 1. The third-order valence-corrected chi connectivity index (χ3v) is 4.82. The van der Waals surface area contributed by atoms with E-state index in [1.54, 1.807) is 0 Å². The number of aromatic nitrogens is 1. The largest absolute Gasteiger partial charge is 0.381 e. The molecule has 1 N–H and O–H groups in total. The molecule has 3 nitrogen and oxygen atoms in total. The van der Waals surface area contributed by atoms with Gasteiger partial charge in [0.05, 0.1) is 17.1 Å². The quantitative estimate of drug-likeness (QED) is 0.731. The second kappa shape index (κ2) is 5.68. The van der Waals surface area contributed by atoms with Crippen LogP contribution in [0.5, 0.6) is 0 Å². The molecule has 0 aliphatic heterocycles. The van der Waals surface area contributed by atoms with E-state index in [1.165, 1.54) is 11.1 Å². The molecule has 112 valence electrons. The molecule has 0 fully saturated rings. The second-order valence-corrected chi connectivity index (χ2v) is 6.78. The zero-order valence-electron chi connectivity index (χ0n) is 12.4. The number of benzene rings is 2. The molecule has 2 aromatic carbocycles. The van der Waals surface area contributed by atoms with Crippen LogP contribution in [0.1, 0.15) is 16.7 Å². The van der Waals surface area contributed by atoms with Crippen LogP contribution in [0.2, 0.25) is 0 Å². The lowest BCUT2D eigenvalue weighted by Gasteiger charge is -2.15. The molecule has 1 aromatic heterocycles. The van der Waals surface area contributed by atoms with Crippen LogP contribution in [-0.4, -0.2) is 11.0 Å². The normalized spacial score (nSPS) is 16.1. The molecular formula is C19H14BrN3. The van der Waals surface area contributed by atoms with Crippen LogP contribution in [0.15, 0.2) is 53.1 Å². The first-order chi connectivity index (χ1) is 11.2. The summed E-state index contributed by atoms with van der Waals surface area (Å²) in [6, 6.07) is 16.7. The van der Waals surface area contributed by atoms with Gasteiger partial charge in [-0.1, -0.05) is 22.0 Å². The predicted octanol–water partition coefficient (Wildman–Crippen LogP) is 4.45. The minimum absolute atomic E-state index is 0.350. The van der Waals surface area contributed by atoms with Crippen LogP contribution in [0.25, 0.3) is 10.9 Å². The van der Waals surface area contributed by atoms with Crippen molar-refractivity contribution in [2.45, 2.75) is 18.9 Å². The average molecular weight is 364 g/mol. The molecule has 1 aliphatic carbocycles. The molecule has 1 heterocycles. The van der Waals surface area contributed by atoms with Crippen molar-refractivity contribution in [1.82, 2.24) is 4.98 Å². The van der Waals surface area contributed by atoms with Crippen LogP contribution < -0.4 is 5.32 Å². The highest BCUT2D eigenvalue weighted by molar-refractivity contribution is 9.10. The number of nitrogens with one attached hydrogen (secondary N) is 1. The smallest absolute Gasteiger partial charge is 0.0991 e. The molecule has 0 saturated carbocycles. The van der Waals surface area contributed by atoms with Crippen molar-refractivity contribution in [2.75, 3.05) is 5.32 Å². The van der Waals surface area contributed by atoms with Gasteiger partial charge in [-0.3, -0.25) is 4.98 Å². The first-order valence-corrected chi connectivity index (χ1v) is 8.35. The van der Waals surface area contributed by atoms with Crippen LogP contribution in [0.3, 0.4) is 0 Å². The summed E-state index contributed by atoms with van der Waals surface area (Å²) in [5.74, 6) is 0. The highest BCUT2D eigenvalue weighted by atomic mass is 79.9. The van der Waals surface area contributed by atoms with E-state index in [0.717, 1.165) is 39.5 Å². The van der Waals surface area contributed by atoms with Crippen LogP contribution >= 0.6 is 15.9 Å². The molecule has 0 radical (unpaired) electrons. The highest BCUT2D eigenvalue weighted by Gasteiger charge is 2.22. The zero-order valence-corrected chi connectivity index (χ0v) is 14.0. The van der Waals surface area contributed by atoms with Crippen LogP contribution in [0.4, 0.5) is 5.69 Å². The third-order valence-electron chi connectivity index (χ3n) is 4.33. The second-order valence-electron chi connectivity index (χ2n) is 5.86. The molecule has 4 heteroatoms. The maximum absolute atomic E-state index is 9.04. The molecule has 0 spiro atoms. The van der Waals surface area contributed by atoms with E-state index in [1.807, 2.05) is 36.5 Å². The first-order valence-electron chi connectivity index (χ1n) is 7.55. The Hall–Kier alpha value is -2.38. The summed E-state index contributed by atoms with van der Waals surface area (Å²) < 4.78 is 1.05. The van der Waals surface area contributed by atoms with Crippen molar-refractivity contribution in [2.24, 2.45) is 0 Å². The van der Waals surface area contributed by atoms with Crippen molar-refractivity contribution in [3.8, 4) is 6.07 Å². The Morgan fingerprint density at radius 1 is 1.09 bits per heavy atom. The van der Waals surface area contributed by atoms with Gasteiger partial charge in [0.25, 0.3) is 0 Å². The Bertz CT molecular complexity index is 943. The summed E-state index contributed by atoms with van der Waals surface area (Å²) in [7, 11) is 0. The molecule has 1 aliphatic rings. The lowest BCUT2D eigenvalue weighted by Crippen LogP contribution is -2.19. The van der Waals surface area contributed by atoms with Gasteiger partial charge in [-0.25, -0.2) is 0 Å². The predicted molar refractivity (Wildman–Crippen MR) is 95.4 cm³/mol. The molecule has 3 aromatic rings. The summed E-state index contributed by atoms with van der Waals surface area (Å²) in [4.78, 5) is 4.42. The first kappa shape index (κ1) is 14.2. The maximum Gasteiger partial charge on any atom is 0.0991 e. The number of rotatable bonds is 2. The van der Waals surface area contributed by atoms with Gasteiger partial charge in [0.1, 0.15) is 0 Å². The van der Waals surface area contributed by atoms with Gasteiger partial charge >= 0.3 is 0 Å². The number of fused-ring (bicyclic) bond motifs is 2. The van der Waals surface area contributed by atoms with Crippen molar-refractivity contribution in [1.29, 1.82) is 5.26 Å². The van der Waals surface area contributed by atoms with E-state index < -0.39 is 0 Å². The number of pyridine rings is 1. The summed E-state index contributed by atoms with van der Waals surface area (Å²) >= 11 is 3.53. The van der Waals surface area contributed by atoms with Gasteiger partial charge in [-0.05, 0) is 60.4 Å². The summed E-state index contributed by atoms with van der Waals surface area (Å²) in [5.41, 5.74) is 5.44.